The largest absolute Gasteiger partial charge is 0.493 e. The van der Waals surface area contributed by atoms with Crippen LogP contribution in [0.4, 0.5) is 0 Å². The third-order valence-corrected chi connectivity index (χ3v) is 8.86. The highest BCUT2D eigenvalue weighted by molar-refractivity contribution is 7.89. The van der Waals surface area contributed by atoms with Crippen molar-refractivity contribution in [2.45, 2.75) is 45.1 Å². The van der Waals surface area contributed by atoms with Crippen molar-refractivity contribution in [3.63, 3.8) is 0 Å². The summed E-state index contributed by atoms with van der Waals surface area (Å²) < 4.78 is 45.6. The maximum atomic E-state index is 13.1. The molecule has 1 amide bonds. The maximum absolute atomic E-state index is 13.1. The minimum Gasteiger partial charge on any atom is -0.493 e. The molecule has 1 heterocycles. The van der Waals surface area contributed by atoms with Crippen LogP contribution in [0.5, 0.6) is 11.5 Å². The zero-order chi connectivity index (χ0) is 27.9. The van der Waals surface area contributed by atoms with Crippen molar-refractivity contribution in [1.29, 1.82) is 0 Å². The molecule has 1 aromatic heterocycles. The first kappa shape index (κ1) is 29.3. The molecule has 3 aromatic rings. The molecule has 0 saturated carbocycles. The molecule has 0 aliphatic rings. The predicted molar refractivity (Wildman–Crippen MR) is 145 cm³/mol. The SMILES string of the molecule is CCCCN(CC)S(=O)(=O)c1ccc(C(=O)N=c2sc3cc(OC)c(OC)cc3n2CC(=O)OCC)cc1. The molecule has 0 bridgehead atoms. The topological polar surface area (TPSA) is 117 Å². The van der Waals surface area contributed by atoms with E-state index in [1.165, 1.54) is 54.1 Å². The summed E-state index contributed by atoms with van der Waals surface area (Å²) in [6.07, 6.45) is 1.65. The standard InChI is InChI=1S/C26H33N3O7S2/c1-6-9-14-28(7-2)38(32,33)19-12-10-18(11-13-19)25(31)27-26-29(17-24(30)36-8-3)20-15-21(34-4)22(35-5)16-23(20)37-26/h10-13,15-16H,6-9,14,17H2,1-5H3. The molecule has 0 fully saturated rings. The number of thiazole rings is 1. The lowest BCUT2D eigenvalue weighted by Gasteiger charge is -2.20. The molecular weight excluding hydrogens is 530 g/mol. The monoisotopic (exact) mass is 563 g/mol. The van der Waals surface area contributed by atoms with Crippen molar-refractivity contribution >= 4 is 43.5 Å². The van der Waals surface area contributed by atoms with Crippen LogP contribution < -0.4 is 14.3 Å². The van der Waals surface area contributed by atoms with E-state index in [1.807, 2.05) is 6.92 Å². The number of carbonyl (C=O) groups excluding carboxylic acids is 2. The number of esters is 1. The van der Waals surface area contributed by atoms with Gasteiger partial charge in [0.2, 0.25) is 10.0 Å². The number of aromatic nitrogens is 1. The molecule has 0 N–H and O–H groups in total. The first-order chi connectivity index (χ1) is 18.2. The van der Waals surface area contributed by atoms with Crippen LogP contribution in [0, 0.1) is 0 Å². The van der Waals surface area contributed by atoms with Crippen molar-refractivity contribution in [2.24, 2.45) is 4.99 Å². The fourth-order valence-electron chi connectivity index (χ4n) is 3.82. The summed E-state index contributed by atoms with van der Waals surface area (Å²) in [7, 11) is -0.639. The Balaban J connectivity index is 2.02. The number of unbranched alkanes of at least 4 members (excludes halogenated alkanes) is 1. The summed E-state index contributed by atoms with van der Waals surface area (Å²) in [6.45, 7) is 6.37. The predicted octanol–water partition coefficient (Wildman–Crippen LogP) is 3.83. The molecule has 10 nitrogen and oxygen atoms in total. The number of hydrogen-bond acceptors (Lipinski definition) is 8. The fraction of sp³-hybridized carbons (Fsp3) is 0.423. The Morgan fingerprint density at radius 3 is 2.26 bits per heavy atom. The molecule has 0 spiro atoms. The van der Waals surface area contributed by atoms with Gasteiger partial charge in [-0.3, -0.25) is 9.59 Å². The minimum atomic E-state index is -3.67. The van der Waals surface area contributed by atoms with Crippen LogP contribution in [0.25, 0.3) is 10.2 Å². The average molecular weight is 564 g/mol. The highest BCUT2D eigenvalue weighted by Gasteiger charge is 2.23. The number of ether oxygens (including phenoxy) is 3. The van der Waals surface area contributed by atoms with Gasteiger partial charge in [0.05, 0.1) is 35.9 Å². The second-order valence-electron chi connectivity index (χ2n) is 8.24. The van der Waals surface area contributed by atoms with Crippen LogP contribution in [-0.2, 0) is 26.1 Å². The average Bonchev–Trinajstić information content (AvgIpc) is 3.23. The maximum Gasteiger partial charge on any atom is 0.326 e. The molecule has 38 heavy (non-hydrogen) atoms. The lowest BCUT2D eigenvalue weighted by Crippen LogP contribution is -2.31. The van der Waals surface area contributed by atoms with Crippen molar-refractivity contribution in [3.8, 4) is 11.5 Å². The number of hydrogen-bond donors (Lipinski definition) is 0. The van der Waals surface area contributed by atoms with Gasteiger partial charge in [0.1, 0.15) is 6.54 Å². The summed E-state index contributed by atoms with van der Waals surface area (Å²) in [6, 6.07) is 9.19. The first-order valence-electron chi connectivity index (χ1n) is 12.3. The molecule has 0 radical (unpaired) electrons. The van der Waals surface area contributed by atoms with Gasteiger partial charge in [-0.25, -0.2) is 8.42 Å². The minimum absolute atomic E-state index is 0.116. The summed E-state index contributed by atoms with van der Waals surface area (Å²) in [5, 5.41) is 0. The highest BCUT2D eigenvalue weighted by atomic mass is 32.2. The first-order valence-corrected chi connectivity index (χ1v) is 14.6. The smallest absolute Gasteiger partial charge is 0.326 e. The molecule has 0 atom stereocenters. The van der Waals surface area contributed by atoms with E-state index in [0.717, 1.165) is 17.5 Å². The van der Waals surface area contributed by atoms with Gasteiger partial charge in [0.25, 0.3) is 5.91 Å². The van der Waals surface area contributed by atoms with Gasteiger partial charge in [-0.1, -0.05) is 31.6 Å². The van der Waals surface area contributed by atoms with Gasteiger partial charge < -0.3 is 18.8 Å². The number of nitrogens with zero attached hydrogens (tertiary/aromatic N) is 3. The van der Waals surface area contributed by atoms with Crippen LogP contribution in [0.1, 0.15) is 44.0 Å². The third kappa shape index (κ3) is 6.43. The lowest BCUT2D eigenvalue weighted by molar-refractivity contribution is -0.143. The van der Waals surface area contributed by atoms with Crippen molar-refractivity contribution < 1.29 is 32.2 Å². The normalized spacial score (nSPS) is 12.2. The molecule has 0 saturated heterocycles. The number of amides is 1. The number of sulfonamides is 1. The van der Waals surface area contributed by atoms with E-state index in [-0.39, 0.29) is 28.4 Å². The van der Waals surface area contributed by atoms with Crippen LogP contribution in [0.15, 0.2) is 46.3 Å². The summed E-state index contributed by atoms with van der Waals surface area (Å²) in [4.78, 5) is 30.1. The molecular formula is C26H33N3O7S2. The number of benzene rings is 2. The zero-order valence-electron chi connectivity index (χ0n) is 22.2. The number of fused-ring (bicyclic) bond motifs is 1. The van der Waals surface area contributed by atoms with E-state index >= 15 is 0 Å². The number of carbonyl (C=O) groups is 2. The quantitative estimate of drug-likeness (QED) is 0.308. The molecule has 2 aromatic carbocycles. The Hall–Kier alpha value is -3.22. The van der Waals surface area contributed by atoms with E-state index in [9.17, 15) is 18.0 Å². The van der Waals surface area contributed by atoms with Gasteiger partial charge in [-0.05, 0) is 37.6 Å². The van der Waals surface area contributed by atoms with Gasteiger partial charge in [0.15, 0.2) is 16.3 Å². The Kier molecular flexibility index (Phi) is 10.1. The number of methoxy groups -OCH3 is 2. The molecule has 0 aliphatic heterocycles. The Morgan fingerprint density at radius 2 is 1.68 bits per heavy atom. The zero-order valence-corrected chi connectivity index (χ0v) is 23.9. The molecule has 12 heteroatoms. The summed E-state index contributed by atoms with van der Waals surface area (Å²) >= 11 is 1.21. The summed E-state index contributed by atoms with van der Waals surface area (Å²) in [5.74, 6) is -0.0891. The molecule has 3 rings (SSSR count). The van der Waals surface area contributed by atoms with Crippen LogP contribution in [0.2, 0.25) is 0 Å². The van der Waals surface area contributed by atoms with Crippen molar-refractivity contribution in [2.75, 3.05) is 33.9 Å². The second kappa shape index (κ2) is 13.0. The molecule has 0 unspecified atom stereocenters. The van der Waals surface area contributed by atoms with Crippen LogP contribution >= 0.6 is 11.3 Å². The highest BCUT2D eigenvalue weighted by Crippen LogP contribution is 2.33. The van der Waals surface area contributed by atoms with Gasteiger partial charge in [-0.2, -0.15) is 9.30 Å². The fourth-order valence-corrected chi connectivity index (χ4v) is 6.35. The van der Waals surface area contributed by atoms with Gasteiger partial charge >= 0.3 is 5.97 Å². The van der Waals surface area contributed by atoms with Gasteiger partial charge in [-0.15, -0.1) is 0 Å². The van der Waals surface area contributed by atoms with E-state index in [0.29, 0.717) is 30.1 Å². The number of rotatable bonds is 12. The Bertz CT molecular complexity index is 1460. The van der Waals surface area contributed by atoms with E-state index in [4.69, 9.17) is 14.2 Å². The van der Waals surface area contributed by atoms with Crippen molar-refractivity contribution in [1.82, 2.24) is 8.87 Å². The van der Waals surface area contributed by atoms with E-state index in [1.54, 1.807) is 30.5 Å². The van der Waals surface area contributed by atoms with Crippen LogP contribution in [-0.4, -0.2) is 63.1 Å². The lowest BCUT2D eigenvalue weighted by atomic mass is 10.2. The van der Waals surface area contributed by atoms with Crippen LogP contribution in [0.3, 0.4) is 0 Å². The third-order valence-electron chi connectivity index (χ3n) is 5.83. The van der Waals surface area contributed by atoms with E-state index < -0.39 is 21.9 Å². The Morgan fingerprint density at radius 1 is 1.03 bits per heavy atom. The van der Waals surface area contributed by atoms with Crippen molar-refractivity contribution in [3.05, 3.63) is 46.8 Å². The van der Waals surface area contributed by atoms with E-state index in [2.05, 4.69) is 4.99 Å². The van der Waals surface area contributed by atoms with Gasteiger partial charge in [0, 0.05) is 30.8 Å². The second-order valence-corrected chi connectivity index (χ2v) is 11.2. The molecule has 0 aliphatic carbocycles. The summed E-state index contributed by atoms with van der Waals surface area (Å²) in [5.41, 5.74) is 0.844. The Labute approximate surface area is 226 Å². The molecule has 206 valence electrons.